The van der Waals surface area contributed by atoms with Gasteiger partial charge in [0.15, 0.2) is 5.82 Å². The molecule has 106 valence electrons. The number of ether oxygens (including phenoxy) is 1. The predicted molar refractivity (Wildman–Crippen MR) is 69.2 cm³/mol. The molecule has 6 heteroatoms. The van der Waals surface area contributed by atoms with E-state index >= 15 is 0 Å². The Morgan fingerprint density at radius 1 is 1.26 bits per heavy atom. The van der Waals surface area contributed by atoms with Gasteiger partial charge in [-0.2, -0.15) is 4.98 Å². The van der Waals surface area contributed by atoms with E-state index in [1.54, 1.807) is 0 Å². The SMILES string of the molecule is NCc1nc(CN2CCCC3(CCOCC3)C2)no1. The van der Waals surface area contributed by atoms with Crippen LogP contribution in [0.5, 0.6) is 0 Å². The third-order valence-corrected chi connectivity index (χ3v) is 4.34. The summed E-state index contributed by atoms with van der Waals surface area (Å²) in [6, 6.07) is 0. The molecule has 2 aliphatic rings. The van der Waals surface area contributed by atoms with Gasteiger partial charge in [-0.1, -0.05) is 5.16 Å². The van der Waals surface area contributed by atoms with Crippen molar-refractivity contribution in [2.75, 3.05) is 26.3 Å². The van der Waals surface area contributed by atoms with Crippen molar-refractivity contribution >= 4 is 0 Å². The van der Waals surface area contributed by atoms with Crippen molar-refractivity contribution in [3.63, 3.8) is 0 Å². The molecule has 1 aromatic heterocycles. The van der Waals surface area contributed by atoms with E-state index in [0.29, 0.717) is 17.9 Å². The first kappa shape index (κ1) is 13.0. The molecule has 3 rings (SSSR count). The standard InChI is InChI=1S/C13H22N4O2/c14-8-12-15-11(16-19-12)9-17-5-1-2-13(10-17)3-6-18-7-4-13/h1-10,14H2. The minimum Gasteiger partial charge on any atom is -0.381 e. The lowest BCUT2D eigenvalue weighted by molar-refractivity contribution is -0.0297. The summed E-state index contributed by atoms with van der Waals surface area (Å²) < 4.78 is 10.6. The van der Waals surface area contributed by atoms with Crippen molar-refractivity contribution in [2.45, 2.75) is 38.8 Å². The minimum absolute atomic E-state index is 0.314. The van der Waals surface area contributed by atoms with Crippen molar-refractivity contribution in [3.05, 3.63) is 11.7 Å². The maximum Gasteiger partial charge on any atom is 0.240 e. The zero-order valence-electron chi connectivity index (χ0n) is 11.3. The van der Waals surface area contributed by atoms with Gasteiger partial charge in [0, 0.05) is 19.8 Å². The quantitative estimate of drug-likeness (QED) is 0.876. The number of likely N-dealkylation sites (tertiary alicyclic amines) is 1. The summed E-state index contributed by atoms with van der Waals surface area (Å²) in [4.78, 5) is 6.73. The van der Waals surface area contributed by atoms with Crippen LogP contribution in [0.15, 0.2) is 4.52 Å². The Balaban J connectivity index is 1.61. The monoisotopic (exact) mass is 266 g/mol. The Hall–Kier alpha value is -0.980. The third-order valence-electron chi connectivity index (χ3n) is 4.34. The largest absolute Gasteiger partial charge is 0.381 e. The highest BCUT2D eigenvalue weighted by molar-refractivity contribution is 4.92. The second-order valence-corrected chi connectivity index (χ2v) is 5.74. The van der Waals surface area contributed by atoms with E-state index in [9.17, 15) is 0 Å². The maximum absolute atomic E-state index is 5.50. The topological polar surface area (TPSA) is 77.4 Å². The van der Waals surface area contributed by atoms with Crippen LogP contribution < -0.4 is 5.73 Å². The van der Waals surface area contributed by atoms with Gasteiger partial charge in [-0.15, -0.1) is 0 Å². The zero-order chi connectivity index (χ0) is 13.1. The van der Waals surface area contributed by atoms with E-state index in [1.807, 2.05) is 0 Å². The van der Waals surface area contributed by atoms with E-state index < -0.39 is 0 Å². The van der Waals surface area contributed by atoms with Gasteiger partial charge in [-0.25, -0.2) is 0 Å². The summed E-state index contributed by atoms with van der Waals surface area (Å²) >= 11 is 0. The van der Waals surface area contributed by atoms with Crippen LogP contribution in [0.25, 0.3) is 0 Å². The van der Waals surface area contributed by atoms with Crippen LogP contribution in [0, 0.1) is 5.41 Å². The zero-order valence-corrected chi connectivity index (χ0v) is 11.3. The number of nitrogens with two attached hydrogens (primary N) is 1. The highest BCUT2D eigenvalue weighted by Crippen LogP contribution is 2.39. The lowest BCUT2D eigenvalue weighted by Crippen LogP contribution is -2.45. The van der Waals surface area contributed by atoms with Gasteiger partial charge in [-0.3, -0.25) is 4.90 Å². The molecule has 3 heterocycles. The molecule has 2 saturated heterocycles. The molecule has 0 unspecified atom stereocenters. The lowest BCUT2D eigenvalue weighted by Gasteiger charge is -2.44. The summed E-state index contributed by atoms with van der Waals surface area (Å²) in [7, 11) is 0. The fourth-order valence-corrected chi connectivity index (χ4v) is 3.29. The van der Waals surface area contributed by atoms with Gasteiger partial charge in [-0.05, 0) is 37.6 Å². The molecule has 1 aromatic rings. The summed E-state index contributed by atoms with van der Waals surface area (Å²) in [5, 5.41) is 3.98. The first-order valence-corrected chi connectivity index (χ1v) is 7.11. The average Bonchev–Trinajstić information content (AvgIpc) is 2.87. The molecule has 0 bridgehead atoms. The van der Waals surface area contributed by atoms with Crippen molar-refractivity contribution in [2.24, 2.45) is 11.1 Å². The molecule has 0 saturated carbocycles. The van der Waals surface area contributed by atoms with Gasteiger partial charge in [0.25, 0.3) is 0 Å². The molecular formula is C13H22N4O2. The maximum atomic E-state index is 5.50. The molecule has 0 radical (unpaired) electrons. The second kappa shape index (κ2) is 5.56. The number of piperidine rings is 1. The molecular weight excluding hydrogens is 244 g/mol. The summed E-state index contributed by atoms with van der Waals surface area (Å²) in [6.45, 7) is 5.15. The number of hydrogen-bond acceptors (Lipinski definition) is 6. The van der Waals surface area contributed by atoms with E-state index in [1.165, 1.54) is 25.7 Å². The molecule has 0 aliphatic carbocycles. The van der Waals surface area contributed by atoms with Crippen LogP contribution in [0.2, 0.25) is 0 Å². The van der Waals surface area contributed by atoms with Gasteiger partial charge in [0.05, 0.1) is 13.1 Å². The van der Waals surface area contributed by atoms with Gasteiger partial charge in [0.1, 0.15) is 0 Å². The Bertz CT molecular complexity index is 409. The molecule has 6 nitrogen and oxygen atoms in total. The Morgan fingerprint density at radius 2 is 2.11 bits per heavy atom. The van der Waals surface area contributed by atoms with Gasteiger partial charge < -0.3 is 15.0 Å². The molecule has 2 N–H and O–H groups in total. The number of hydrogen-bond donors (Lipinski definition) is 1. The van der Waals surface area contributed by atoms with Crippen LogP contribution in [0.1, 0.15) is 37.4 Å². The van der Waals surface area contributed by atoms with E-state index in [0.717, 1.165) is 38.7 Å². The smallest absolute Gasteiger partial charge is 0.240 e. The number of aromatic nitrogens is 2. The van der Waals surface area contributed by atoms with Crippen molar-refractivity contribution < 1.29 is 9.26 Å². The van der Waals surface area contributed by atoms with E-state index in [4.69, 9.17) is 15.0 Å². The van der Waals surface area contributed by atoms with Gasteiger partial charge in [0.2, 0.25) is 5.89 Å². The van der Waals surface area contributed by atoms with Crippen LogP contribution in [-0.2, 0) is 17.8 Å². The number of rotatable bonds is 3. The third kappa shape index (κ3) is 2.96. The van der Waals surface area contributed by atoms with E-state index in [2.05, 4.69) is 15.0 Å². The summed E-state index contributed by atoms with van der Waals surface area (Å²) in [5.41, 5.74) is 5.94. The molecule has 0 amide bonds. The van der Waals surface area contributed by atoms with Gasteiger partial charge >= 0.3 is 0 Å². The molecule has 0 aromatic carbocycles. The lowest BCUT2D eigenvalue weighted by atomic mass is 9.74. The van der Waals surface area contributed by atoms with E-state index in [-0.39, 0.29) is 0 Å². The van der Waals surface area contributed by atoms with Crippen LogP contribution >= 0.6 is 0 Å². The average molecular weight is 266 g/mol. The molecule has 2 fully saturated rings. The van der Waals surface area contributed by atoms with Crippen LogP contribution in [-0.4, -0.2) is 41.3 Å². The normalized spacial score (nSPS) is 23.8. The number of nitrogens with zero attached hydrogens (tertiary/aromatic N) is 3. The summed E-state index contributed by atoms with van der Waals surface area (Å²) in [5.74, 6) is 1.28. The fraction of sp³-hybridized carbons (Fsp3) is 0.846. The molecule has 19 heavy (non-hydrogen) atoms. The Morgan fingerprint density at radius 3 is 2.84 bits per heavy atom. The molecule has 0 atom stereocenters. The first-order valence-electron chi connectivity index (χ1n) is 7.11. The van der Waals surface area contributed by atoms with Crippen LogP contribution in [0.3, 0.4) is 0 Å². The van der Waals surface area contributed by atoms with Crippen LogP contribution in [0.4, 0.5) is 0 Å². The fourth-order valence-electron chi connectivity index (χ4n) is 3.29. The summed E-state index contributed by atoms with van der Waals surface area (Å²) in [6.07, 6.45) is 4.95. The Kier molecular flexibility index (Phi) is 3.81. The predicted octanol–water partition coefficient (Wildman–Crippen LogP) is 0.921. The molecule has 2 aliphatic heterocycles. The van der Waals surface area contributed by atoms with Crippen molar-refractivity contribution in [3.8, 4) is 0 Å². The van der Waals surface area contributed by atoms with Crippen molar-refractivity contribution in [1.82, 2.24) is 15.0 Å². The second-order valence-electron chi connectivity index (χ2n) is 5.74. The highest BCUT2D eigenvalue weighted by Gasteiger charge is 2.37. The Labute approximate surface area is 113 Å². The highest BCUT2D eigenvalue weighted by atomic mass is 16.5. The molecule has 1 spiro atoms. The van der Waals surface area contributed by atoms with Crippen molar-refractivity contribution in [1.29, 1.82) is 0 Å². The minimum atomic E-state index is 0.314. The first-order chi connectivity index (χ1) is 9.30.